The number of aromatic carboxylic acids is 1. The maximum absolute atomic E-state index is 10.8. The predicted octanol–water partition coefficient (Wildman–Crippen LogP) is 0.812. The molecule has 0 saturated heterocycles. The van der Waals surface area contributed by atoms with Crippen LogP contribution in [0.4, 0.5) is 0 Å². The molecular weight excluding hydrogens is 222 g/mol. The van der Waals surface area contributed by atoms with Crippen molar-refractivity contribution in [3.63, 3.8) is 0 Å². The molecule has 2 aromatic heterocycles. The van der Waals surface area contributed by atoms with Crippen molar-refractivity contribution in [1.82, 2.24) is 25.2 Å². The van der Waals surface area contributed by atoms with Gasteiger partial charge in [0.25, 0.3) is 0 Å². The maximum atomic E-state index is 10.8. The zero-order valence-corrected chi connectivity index (χ0v) is 9.58. The number of nitrogens with zero attached hydrogens (tertiary/aromatic N) is 4. The molecule has 2 rings (SSSR count). The fraction of sp³-hybridized carbons (Fsp3) is 0.400. The van der Waals surface area contributed by atoms with Crippen molar-refractivity contribution in [1.29, 1.82) is 0 Å². The van der Waals surface area contributed by atoms with Gasteiger partial charge in [-0.15, -0.1) is 5.10 Å². The molecule has 0 spiro atoms. The lowest BCUT2D eigenvalue weighted by Crippen LogP contribution is -2.10. The molecule has 0 aliphatic carbocycles. The first-order valence-corrected chi connectivity index (χ1v) is 5.22. The number of rotatable bonds is 4. The molecule has 0 aliphatic rings. The van der Waals surface area contributed by atoms with E-state index in [2.05, 4.69) is 20.5 Å². The Balaban J connectivity index is 2.17. The fourth-order valence-electron chi connectivity index (χ4n) is 1.68. The molecule has 2 aromatic rings. The van der Waals surface area contributed by atoms with Crippen molar-refractivity contribution in [3.05, 3.63) is 29.3 Å². The smallest absolute Gasteiger partial charge is 0.356 e. The molecule has 0 radical (unpaired) electrons. The van der Waals surface area contributed by atoms with Gasteiger partial charge in [0, 0.05) is 23.9 Å². The van der Waals surface area contributed by atoms with Gasteiger partial charge in [-0.05, 0) is 13.8 Å². The summed E-state index contributed by atoms with van der Waals surface area (Å²) in [5.74, 6) is -1.02. The van der Waals surface area contributed by atoms with Crippen LogP contribution in [0.25, 0.3) is 0 Å². The summed E-state index contributed by atoms with van der Waals surface area (Å²) < 4.78 is 1.72. The number of hydrogen-bond donors (Lipinski definition) is 2. The van der Waals surface area contributed by atoms with E-state index in [0.717, 1.165) is 5.69 Å². The molecule has 7 nitrogen and oxygen atoms in total. The van der Waals surface area contributed by atoms with Crippen LogP contribution in [0.1, 0.15) is 34.7 Å². The Hall–Kier alpha value is -2.18. The molecule has 1 unspecified atom stereocenters. The first-order chi connectivity index (χ1) is 8.09. The first kappa shape index (κ1) is 11.3. The Bertz CT molecular complexity index is 517. The Morgan fingerprint density at radius 2 is 2.41 bits per heavy atom. The largest absolute Gasteiger partial charge is 0.476 e. The average Bonchev–Trinajstić information content (AvgIpc) is 2.89. The Morgan fingerprint density at radius 3 is 2.94 bits per heavy atom. The minimum Gasteiger partial charge on any atom is -0.476 e. The summed E-state index contributed by atoms with van der Waals surface area (Å²) in [6, 6.07) is 0.0956. The van der Waals surface area contributed by atoms with E-state index in [0.29, 0.717) is 12.0 Å². The van der Waals surface area contributed by atoms with Gasteiger partial charge < -0.3 is 5.11 Å². The Labute approximate surface area is 97.5 Å². The second-order valence-electron chi connectivity index (χ2n) is 3.92. The minimum atomic E-state index is -1.02. The minimum absolute atomic E-state index is 0.0748. The van der Waals surface area contributed by atoms with Crippen LogP contribution >= 0.6 is 0 Å². The lowest BCUT2D eigenvalue weighted by atomic mass is 10.1. The highest BCUT2D eigenvalue weighted by Crippen LogP contribution is 2.16. The predicted molar refractivity (Wildman–Crippen MR) is 58.7 cm³/mol. The highest BCUT2D eigenvalue weighted by atomic mass is 16.4. The molecule has 7 heteroatoms. The second kappa shape index (κ2) is 4.36. The number of aromatic nitrogens is 5. The van der Waals surface area contributed by atoms with Gasteiger partial charge in [0.1, 0.15) is 0 Å². The van der Waals surface area contributed by atoms with Gasteiger partial charge in [0.05, 0.1) is 12.2 Å². The molecule has 1 atom stereocenters. The van der Waals surface area contributed by atoms with E-state index < -0.39 is 5.97 Å². The van der Waals surface area contributed by atoms with Crippen LogP contribution in [0.2, 0.25) is 0 Å². The molecule has 17 heavy (non-hydrogen) atoms. The van der Waals surface area contributed by atoms with Gasteiger partial charge in [-0.25, -0.2) is 9.48 Å². The van der Waals surface area contributed by atoms with Crippen LogP contribution in [0.5, 0.6) is 0 Å². The van der Waals surface area contributed by atoms with Crippen molar-refractivity contribution < 1.29 is 9.90 Å². The molecule has 0 amide bonds. The van der Waals surface area contributed by atoms with Crippen LogP contribution < -0.4 is 0 Å². The van der Waals surface area contributed by atoms with Crippen molar-refractivity contribution >= 4 is 5.97 Å². The summed E-state index contributed by atoms with van der Waals surface area (Å²) in [6.07, 6.45) is 4.02. The van der Waals surface area contributed by atoms with E-state index in [9.17, 15) is 4.79 Å². The molecule has 2 heterocycles. The number of H-pyrrole nitrogens is 1. The molecule has 0 saturated carbocycles. The number of hydrogen-bond acceptors (Lipinski definition) is 4. The third-order valence-corrected chi connectivity index (χ3v) is 2.71. The van der Waals surface area contributed by atoms with Gasteiger partial charge in [0.2, 0.25) is 0 Å². The molecule has 0 bridgehead atoms. The third-order valence-electron chi connectivity index (χ3n) is 2.71. The quantitative estimate of drug-likeness (QED) is 0.817. The third kappa shape index (κ3) is 2.17. The lowest BCUT2D eigenvalue weighted by Gasteiger charge is -2.10. The molecule has 0 aliphatic heterocycles. The van der Waals surface area contributed by atoms with Gasteiger partial charge in [-0.2, -0.15) is 5.10 Å². The summed E-state index contributed by atoms with van der Waals surface area (Å²) in [4.78, 5) is 10.8. The number of carboxylic acids is 1. The van der Waals surface area contributed by atoms with Crippen molar-refractivity contribution in [2.45, 2.75) is 26.3 Å². The summed E-state index contributed by atoms with van der Waals surface area (Å²) in [7, 11) is 0. The van der Waals surface area contributed by atoms with Crippen LogP contribution in [0.3, 0.4) is 0 Å². The van der Waals surface area contributed by atoms with Crippen molar-refractivity contribution in [2.24, 2.45) is 0 Å². The monoisotopic (exact) mass is 235 g/mol. The topological polar surface area (TPSA) is 96.7 Å². The van der Waals surface area contributed by atoms with E-state index >= 15 is 0 Å². The number of aromatic amines is 1. The molecule has 0 aromatic carbocycles. The van der Waals surface area contributed by atoms with Crippen LogP contribution in [-0.2, 0) is 6.42 Å². The fourth-order valence-corrected chi connectivity index (χ4v) is 1.68. The van der Waals surface area contributed by atoms with Crippen molar-refractivity contribution in [3.8, 4) is 0 Å². The summed E-state index contributed by atoms with van der Waals surface area (Å²) in [5, 5.41) is 23.1. The van der Waals surface area contributed by atoms with Gasteiger partial charge in [0.15, 0.2) is 5.69 Å². The van der Waals surface area contributed by atoms with Crippen molar-refractivity contribution in [2.75, 3.05) is 0 Å². The van der Waals surface area contributed by atoms with E-state index in [1.807, 2.05) is 6.92 Å². The second-order valence-corrected chi connectivity index (χ2v) is 3.92. The number of carboxylic acid groups (broad SMARTS) is 1. The number of nitrogens with one attached hydrogen (secondary N) is 1. The Kier molecular flexibility index (Phi) is 2.90. The normalized spacial score (nSPS) is 12.6. The van der Waals surface area contributed by atoms with Crippen LogP contribution in [0.15, 0.2) is 12.4 Å². The van der Waals surface area contributed by atoms with Crippen LogP contribution in [0, 0.1) is 6.92 Å². The summed E-state index contributed by atoms with van der Waals surface area (Å²) in [6.45, 7) is 3.73. The van der Waals surface area contributed by atoms with Gasteiger partial charge in [-0.3, -0.25) is 5.10 Å². The number of carbonyl (C=O) groups is 1. The molecular formula is C10H13N5O2. The van der Waals surface area contributed by atoms with Gasteiger partial charge >= 0.3 is 5.97 Å². The van der Waals surface area contributed by atoms with E-state index in [1.54, 1.807) is 24.0 Å². The molecule has 0 fully saturated rings. The lowest BCUT2D eigenvalue weighted by molar-refractivity contribution is 0.0689. The van der Waals surface area contributed by atoms with E-state index in [4.69, 9.17) is 5.11 Å². The average molecular weight is 235 g/mol. The zero-order valence-electron chi connectivity index (χ0n) is 9.58. The summed E-state index contributed by atoms with van der Waals surface area (Å²) in [5.41, 5.74) is 1.56. The SMILES string of the molecule is Cc1c(C(=O)O)n[nH]c1CC(C)n1ccnn1. The Morgan fingerprint density at radius 1 is 1.65 bits per heavy atom. The maximum Gasteiger partial charge on any atom is 0.356 e. The van der Waals surface area contributed by atoms with Crippen LogP contribution in [-0.4, -0.2) is 36.3 Å². The molecule has 90 valence electrons. The van der Waals surface area contributed by atoms with Gasteiger partial charge in [-0.1, -0.05) is 5.21 Å². The van der Waals surface area contributed by atoms with E-state index in [-0.39, 0.29) is 11.7 Å². The first-order valence-electron chi connectivity index (χ1n) is 5.22. The standard InChI is InChI=1S/C10H13N5O2/c1-6(15-4-3-11-14-15)5-8-7(2)9(10(16)17)13-12-8/h3-4,6H,5H2,1-2H3,(H,12,13)(H,16,17). The highest BCUT2D eigenvalue weighted by molar-refractivity contribution is 5.87. The summed E-state index contributed by atoms with van der Waals surface area (Å²) >= 11 is 0. The highest BCUT2D eigenvalue weighted by Gasteiger charge is 2.17. The molecule has 2 N–H and O–H groups in total. The zero-order chi connectivity index (χ0) is 12.4. The van der Waals surface area contributed by atoms with E-state index in [1.165, 1.54) is 0 Å².